The second-order valence-electron chi connectivity index (χ2n) is 4.54. The molecule has 3 heteroatoms. The van der Waals surface area contributed by atoms with Crippen LogP contribution in [0.5, 0.6) is 0 Å². The Balaban J connectivity index is 2.62. The largest absolute Gasteiger partial charge is 0.327 e. The summed E-state index contributed by atoms with van der Waals surface area (Å²) in [5, 5.41) is 8.45. The molecule has 92 valence electrons. The Morgan fingerprint density at radius 1 is 1.35 bits per heavy atom. The molecule has 0 radical (unpaired) electrons. The quantitative estimate of drug-likeness (QED) is 0.796. The number of nitrogens with two attached hydrogens (primary N) is 1. The Hall–Kier alpha value is -1.40. The summed E-state index contributed by atoms with van der Waals surface area (Å²) in [5.41, 5.74) is 8.72. The summed E-state index contributed by atoms with van der Waals surface area (Å²) in [4.78, 5) is 0. The molecule has 0 aromatic heterocycles. The van der Waals surface area contributed by atoms with Crippen LogP contribution < -0.4 is 5.73 Å². The van der Waals surface area contributed by atoms with E-state index in [1.165, 1.54) is 0 Å². The van der Waals surface area contributed by atoms with Crippen LogP contribution in [0.15, 0.2) is 12.1 Å². The monoisotopic (exact) mass is 234 g/mol. The molecular formula is C14H19FN2. The molecule has 17 heavy (non-hydrogen) atoms. The predicted molar refractivity (Wildman–Crippen MR) is 67.0 cm³/mol. The first-order valence-electron chi connectivity index (χ1n) is 5.92. The van der Waals surface area contributed by atoms with E-state index in [1.807, 2.05) is 13.0 Å². The summed E-state index contributed by atoms with van der Waals surface area (Å²) in [6.45, 7) is 3.67. The van der Waals surface area contributed by atoms with Gasteiger partial charge in [0.05, 0.1) is 6.07 Å². The van der Waals surface area contributed by atoms with Gasteiger partial charge in [-0.15, -0.1) is 0 Å². The van der Waals surface area contributed by atoms with E-state index in [9.17, 15) is 4.39 Å². The fourth-order valence-corrected chi connectivity index (χ4v) is 1.89. The third-order valence-electron chi connectivity index (χ3n) is 2.96. The summed E-state index contributed by atoms with van der Waals surface area (Å²) in [6.07, 6.45) is 2.97. The second kappa shape index (κ2) is 6.36. The van der Waals surface area contributed by atoms with Gasteiger partial charge in [-0.05, 0) is 55.9 Å². The summed E-state index contributed by atoms with van der Waals surface area (Å²) in [7, 11) is 0. The number of nitriles is 1. The summed E-state index contributed by atoms with van der Waals surface area (Å²) in [6, 6.07) is 5.59. The van der Waals surface area contributed by atoms with Gasteiger partial charge in [-0.25, -0.2) is 4.39 Å². The van der Waals surface area contributed by atoms with Crippen LogP contribution >= 0.6 is 0 Å². The van der Waals surface area contributed by atoms with Crippen LogP contribution in [-0.2, 0) is 6.42 Å². The van der Waals surface area contributed by atoms with Crippen LogP contribution in [0.3, 0.4) is 0 Å². The highest BCUT2D eigenvalue weighted by atomic mass is 19.1. The molecule has 2 N–H and O–H groups in total. The van der Waals surface area contributed by atoms with E-state index in [2.05, 4.69) is 6.07 Å². The zero-order valence-corrected chi connectivity index (χ0v) is 10.5. The molecule has 0 saturated carbocycles. The predicted octanol–water partition coefficient (Wildman–Crippen LogP) is 3.01. The molecule has 1 aromatic rings. The molecule has 1 aromatic carbocycles. The zero-order chi connectivity index (χ0) is 12.8. The molecule has 2 nitrogen and oxygen atoms in total. The molecule has 1 rings (SSSR count). The van der Waals surface area contributed by atoms with Gasteiger partial charge in [-0.2, -0.15) is 5.26 Å². The van der Waals surface area contributed by atoms with Crippen LogP contribution in [0.4, 0.5) is 4.39 Å². The van der Waals surface area contributed by atoms with Gasteiger partial charge < -0.3 is 5.73 Å². The maximum atomic E-state index is 13.3. The van der Waals surface area contributed by atoms with Gasteiger partial charge in [0.15, 0.2) is 0 Å². The maximum Gasteiger partial charge on any atom is 0.126 e. The van der Waals surface area contributed by atoms with Gasteiger partial charge in [0.2, 0.25) is 0 Å². The van der Waals surface area contributed by atoms with Crippen molar-refractivity contribution >= 4 is 0 Å². The van der Waals surface area contributed by atoms with Crippen LogP contribution in [-0.4, -0.2) is 6.04 Å². The minimum Gasteiger partial charge on any atom is -0.327 e. The summed E-state index contributed by atoms with van der Waals surface area (Å²) >= 11 is 0. The molecule has 0 heterocycles. The molecule has 0 spiro atoms. The van der Waals surface area contributed by atoms with Crippen molar-refractivity contribution in [1.29, 1.82) is 5.26 Å². The van der Waals surface area contributed by atoms with Crippen molar-refractivity contribution < 1.29 is 4.39 Å². The number of hydrogen-bond donors (Lipinski definition) is 1. The summed E-state index contributed by atoms with van der Waals surface area (Å²) < 4.78 is 13.3. The van der Waals surface area contributed by atoms with Crippen molar-refractivity contribution in [1.82, 2.24) is 0 Å². The fourth-order valence-electron chi connectivity index (χ4n) is 1.89. The number of benzene rings is 1. The average Bonchev–Trinajstić information content (AvgIpc) is 2.26. The topological polar surface area (TPSA) is 49.8 Å². The third kappa shape index (κ3) is 4.16. The molecule has 0 aliphatic heterocycles. The normalized spacial score (nSPS) is 12.2. The van der Waals surface area contributed by atoms with Crippen molar-refractivity contribution in [2.45, 2.75) is 45.6 Å². The molecule has 0 amide bonds. The minimum absolute atomic E-state index is 0.0481. The lowest BCUT2D eigenvalue weighted by Crippen LogP contribution is -2.23. The molecule has 0 aliphatic rings. The molecule has 1 unspecified atom stereocenters. The number of nitrogens with zero attached hydrogens (tertiary/aromatic N) is 1. The molecule has 1 atom stereocenters. The van der Waals surface area contributed by atoms with E-state index in [4.69, 9.17) is 11.0 Å². The van der Waals surface area contributed by atoms with E-state index in [-0.39, 0.29) is 11.9 Å². The lowest BCUT2D eigenvalue weighted by atomic mass is 9.96. The number of halogens is 1. The molecular weight excluding hydrogens is 215 g/mol. The van der Waals surface area contributed by atoms with Crippen LogP contribution in [0.25, 0.3) is 0 Å². The number of rotatable bonds is 5. The Morgan fingerprint density at radius 3 is 2.71 bits per heavy atom. The highest BCUT2D eigenvalue weighted by molar-refractivity contribution is 5.32. The zero-order valence-electron chi connectivity index (χ0n) is 10.5. The Morgan fingerprint density at radius 2 is 2.06 bits per heavy atom. The van der Waals surface area contributed by atoms with E-state index >= 15 is 0 Å². The highest BCUT2D eigenvalue weighted by Gasteiger charge is 2.08. The third-order valence-corrected chi connectivity index (χ3v) is 2.96. The first kappa shape index (κ1) is 13.7. The van der Waals surface area contributed by atoms with E-state index in [0.29, 0.717) is 12.0 Å². The van der Waals surface area contributed by atoms with Gasteiger partial charge in [0.25, 0.3) is 0 Å². The second-order valence-corrected chi connectivity index (χ2v) is 4.54. The molecule has 0 bridgehead atoms. The maximum absolute atomic E-state index is 13.3. The van der Waals surface area contributed by atoms with Gasteiger partial charge >= 0.3 is 0 Å². The standard InChI is InChI=1S/C14H19FN2/c1-10-8-14(15)11(2)7-12(10)9-13(17)5-3-4-6-16/h7-8,13H,3-5,9,17H2,1-2H3. The molecule has 0 fully saturated rings. The highest BCUT2D eigenvalue weighted by Crippen LogP contribution is 2.17. The van der Waals surface area contributed by atoms with Crippen molar-refractivity contribution in [3.8, 4) is 6.07 Å². The molecule has 0 saturated heterocycles. The first-order chi connectivity index (χ1) is 8.04. The van der Waals surface area contributed by atoms with Crippen LogP contribution in [0.1, 0.15) is 36.0 Å². The van der Waals surface area contributed by atoms with Crippen LogP contribution in [0, 0.1) is 31.0 Å². The van der Waals surface area contributed by atoms with Crippen LogP contribution in [0.2, 0.25) is 0 Å². The van der Waals surface area contributed by atoms with E-state index in [1.54, 1.807) is 13.0 Å². The Kier molecular flexibility index (Phi) is 5.11. The lowest BCUT2D eigenvalue weighted by Gasteiger charge is -2.13. The number of aryl methyl sites for hydroxylation is 2. The smallest absolute Gasteiger partial charge is 0.126 e. The molecule has 0 aliphatic carbocycles. The van der Waals surface area contributed by atoms with Gasteiger partial charge in [-0.3, -0.25) is 0 Å². The van der Waals surface area contributed by atoms with Gasteiger partial charge in [0, 0.05) is 12.5 Å². The minimum atomic E-state index is -0.163. The number of hydrogen-bond acceptors (Lipinski definition) is 2. The average molecular weight is 234 g/mol. The van der Waals surface area contributed by atoms with Crippen molar-refractivity contribution in [3.05, 3.63) is 34.6 Å². The fraction of sp³-hybridized carbons (Fsp3) is 0.500. The Labute approximate surface area is 102 Å². The van der Waals surface area contributed by atoms with Crippen molar-refractivity contribution in [3.63, 3.8) is 0 Å². The SMILES string of the molecule is Cc1cc(CC(N)CCCC#N)c(C)cc1F. The van der Waals surface area contributed by atoms with Crippen molar-refractivity contribution in [2.75, 3.05) is 0 Å². The van der Waals surface area contributed by atoms with Gasteiger partial charge in [-0.1, -0.05) is 6.07 Å². The van der Waals surface area contributed by atoms with Gasteiger partial charge in [0.1, 0.15) is 5.82 Å². The summed E-state index contributed by atoms with van der Waals surface area (Å²) in [5.74, 6) is -0.163. The van der Waals surface area contributed by atoms with E-state index in [0.717, 1.165) is 30.4 Å². The first-order valence-corrected chi connectivity index (χ1v) is 5.92. The van der Waals surface area contributed by atoms with Crippen molar-refractivity contribution in [2.24, 2.45) is 5.73 Å². The Bertz CT molecular complexity index is 421. The van der Waals surface area contributed by atoms with E-state index < -0.39 is 0 Å². The number of unbranched alkanes of at least 4 members (excludes halogenated alkanes) is 1. The lowest BCUT2D eigenvalue weighted by molar-refractivity contribution is 0.581.